The Kier molecular flexibility index (Phi) is 4.60. The van der Waals surface area contributed by atoms with Crippen LogP contribution in [0, 0.1) is 5.92 Å². The predicted molar refractivity (Wildman–Crippen MR) is 73.5 cm³/mol. The number of carbonyl (C=O) groups excluding carboxylic acids is 1. The van der Waals surface area contributed by atoms with Crippen LogP contribution in [0.4, 0.5) is 0 Å². The van der Waals surface area contributed by atoms with Crippen molar-refractivity contribution in [1.29, 1.82) is 0 Å². The summed E-state index contributed by atoms with van der Waals surface area (Å²) in [5, 5.41) is 6.15. The lowest BCUT2D eigenvalue weighted by Gasteiger charge is -2.12. The molecule has 1 fully saturated rings. The largest absolute Gasteiger partial charge is 0.496 e. The zero-order valence-electron chi connectivity index (χ0n) is 10.3. The van der Waals surface area contributed by atoms with E-state index in [-0.39, 0.29) is 11.8 Å². The maximum Gasteiger partial charge on any atom is 0.224 e. The number of amides is 1. The summed E-state index contributed by atoms with van der Waals surface area (Å²) in [5.74, 6) is 1.01. The monoisotopic (exact) mass is 312 g/mol. The summed E-state index contributed by atoms with van der Waals surface area (Å²) in [6, 6.07) is 5.78. The number of hydrogen-bond donors (Lipinski definition) is 2. The molecule has 1 aliphatic rings. The third-order valence-corrected chi connectivity index (χ3v) is 3.62. The second-order valence-electron chi connectivity index (χ2n) is 4.36. The number of benzene rings is 1. The number of ether oxygens (including phenoxy) is 1. The van der Waals surface area contributed by atoms with Crippen molar-refractivity contribution >= 4 is 21.8 Å². The van der Waals surface area contributed by atoms with Gasteiger partial charge in [-0.05, 0) is 31.2 Å². The van der Waals surface area contributed by atoms with Gasteiger partial charge in [-0.15, -0.1) is 0 Å². The van der Waals surface area contributed by atoms with Crippen LogP contribution >= 0.6 is 15.9 Å². The highest BCUT2D eigenvalue weighted by Crippen LogP contribution is 2.22. The topological polar surface area (TPSA) is 50.4 Å². The van der Waals surface area contributed by atoms with E-state index < -0.39 is 0 Å². The molecule has 0 aromatic heterocycles. The fourth-order valence-corrected chi connectivity index (χ4v) is 2.50. The highest BCUT2D eigenvalue weighted by molar-refractivity contribution is 9.10. The zero-order chi connectivity index (χ0) is 13.0. The lowest BCUT2D eigenvalue weighted by molar-refractivity contribution is -0.124. The van der Waals surface area contributed by atoms with Crippen LogP contribution in [0.5, 0.6) is 5.75 Å². The van der Waals surface area contributed by atoms with Crippen molar-refractivity contribution in [3.8, 4) is 5.75 Å². The molecule has 1 aliphatic heterocycles. The third-order valence-electron chi connectivity index (χ3n) is 3.13. The van der Waals surface area contributed by atoms with Gasteiger partial charge in [-0.3, -0.25) is 4.79 Å². The molecule has 1 aromatic rings. The third kappa shape index (κ3) is 3.23. The lowest BCUT2D eigenvalue weighted by atomic mass is 10.1. The molecule has 1 atom stereocenters. The average molecular weight is 313 g/mol. The first kappa shape index (κ1) is 13.4. The molecule has 1 unspecified atom stereocenters. The van der Waals surface area contributed by atoms with E-state index in [1.165, 1.54) is 0 Å². The standard InChI is InChI=1S/C13H17BrN2O2/c1-18-12-3-2-11(14)6-10(12)8-16-13(17)9-4-5-15-7-9/h2-3,6,9,15H,4-5,7-8H2,1H3,(H,16,17). The molecule has 0 radical (unpaired) electrons. The Morgan fingerprint density at radius 2 is 2.44 bits per heavy atom. The van der Waals surface area contributed by atoms with Crippen molar-refractivity contribution < 1.29 is 9.53 Å². The quantitative estimate of drug-likeness (QED) is 0.889. The minimum absolute atomic E-state index is 0.100. The second kappa shape index (κ2) is 6.20. The second-order valence-corrected chi connectivity index (χ2v) is 5.28. The van der Waals surface area contributed by atoms with Crippen LogP contribution in [-0.2, 0) is 11.3 Å². The molecular formula is C13H17BrN2O2. The summed E-state index contributed by atoms with van der Waals surface area (Å²) in [4.78, 5) is 11.9. The molecule has 5 heteroatoms. The number of hydrogen-bond acceptors (Lipinski definition) is 3. The predicted octanol–water partition coefficient (Wildman–Crippen LogP) is 1.68. The van der Waals surface area contributed by atoms with E-state index in [1.807, 2.05) is 18.2 Å². The minimum Gasteiger partial charge on any atom is -0.496 e. The molecule has 0 aliphatic carbocycles. The van der Waals surface area contributed by atoms with Crippen molar-refractivity contribution in [3.63, 3.8) is 0 Å². The van der Waals surface area contributed by atoms with Crippen LogP contribution in [0.15, 0.2) is 22.7 Å². The molecule has 0 spiro atoms. The van der Waals surface area contributed by atoms with Gasteiger partial charge >= 0.3 is 0 Å². The molecule has 98 valence electrons. The van der Waals surface area contributed by atoms with E-state index in [0.717, 1.165) is 35.3 Å². The molecule has 1 heterocycles. The minimum atomic E-state index is 0.100. The van der Waals surface area contributed by atoms with Crippen LogP contribution in [0.2, 0.25) is 0 Å². The Morgan fingerprint density at radius 1 is 1.61 bits per heavy atom. The molecule has 18 heavy (non-hydrogen) atoms. The van der Waals surface area contributed by atoms with Gasteiger partial charge in [-0.25, -0.2) is 0 Å². The normalized spacial score (nSPS) is 18.7. The van der Waals surface area contributed by atoms with Gasteiger partial charge in [-0.1, -0.05) is 15.9 Å². The highest BCUT2D eigenvalue weighted by atomic mass is 79.9. The summed E-state index contributed by atoms with van der Waals surface area (Å²) in [7, 11) is 1.63. The summed E-state index contributed by atoms with van der Waals surface area (Å²) in [6.07, 6.45) is 0.918. The smallest absolute Gasteiger partial charge is 0.224 e. The maximum absolute atomic E-state index is 11.9. The summed E-state index contributed by atoms with van der Waals surface area (Å²) in [6.45, 7) is 2.21. The fourth-order valence-electron chi connectivity index (χ4n) is 2.09. The summed E-state index contributed by atoms with van der Waals surface area (Å²) >= 11 is 3.42. The molecule has 1 saturated heterocycles. The van der Waals surface area contributed by atoms with Gasteiger partial charge in [0, 0.05) is 23.1 Å². The van der Waals surface area contributed by atoms with E-state index in [2.05, 4.69) is 26.6 Å². The van der Waals surface area contributed by atoms with Gasteiger partial charge in [0.05, 0.1) is 13.0 Å². The maximum atomic E-state index is 11.9. The van der Waals surface area contributed by atoms with Crippen LogP contribution in [0.3, 0.4) is 0 Å². The Hall–Kier alpha value is -1.07. The van der Waals surface area contributed by atoms with E-state index in [9.17, 15) is 4.79 Å². The number of carbonyl (C=O) groups is 1. The Labute approximate surface area is 115 Å². The molecule has 2 N–H and O–H groups in total. The van der Waals surface area contributed by atoms with E-state index >= 15 is 0 Å². The van der Waals surface area contributed by atoms with Crippen molar-refractivity contribution in [2.75, 3.05) is 20.2 Å². The van der Waals surface area contributed by atoms with E-state index in [0.29, 0.717) is 6.54 Å². The van der Waals surface area contributed by atoms with E-state index in [1.54, 1.807) is 7.11 Å². The summed E-state index contributed by atoms with van der Waals surface area (Å²) < 4.78 is 6.26. The van der Waals surface area contributed by atoms with Gasteiger partial charge in [0.25, 0.3) is 0 Å². The SMILES string of the molecule is COc1ccc(Br)cc1CNC(=O)C1CCNC1. The number of rotatable bonds is 4. The first-order valence-electron chi connectivity index (χ1n) is 6.01. The molecule has 2 rings (SSSR count). The van der Waals surface area contributed by atoms with Gasteiger partial charge in [0.1, 0.15) is 5.75 Å². The Morgan fingerprint density at radius 3 is 3.11 bits per heavy atom. The van der Waals surface area contributed by atoms with Crippen molar-refractivity contribution in [2.24, 2.45) is 5.92 Å². The van der Waals surface area contributed by atoms with Gasteiger partial charge in [0.15, 0.2) is 0 Å². The number of nitrogens with one attached hydrogen (secondary N) is 2. The summed E-state index contributed by atoms with van der Waals surface area (Å²) in [5.41, 5.74) is 0.978. The fraction of sp³-hybridized carbons (Fsp3) is 0.462. The first-order valence-corrected chi connectivity index (χ1v) is 6.81. The van der Waals surface area contributed by atoms with Gasteiger partial charge < -0.3 is 15.4 Å². The van der Waals surface area contributed by atoms with Gasteiger partial charge in [-0.2, -0.15) is 0 Å². The number of methoxy groups -OCH3 is 1. The Balaban J connectivity index is 1.96. The molecule has 1 aromatic carbocycles. The van der Waals surface area contributed by atoms with Crippen LogP contribution < -0.4 is 15.4 Å². The Bertz CT molecular complexity index is 431. The van der Waals surface area contributed by atoms with Crippen molar-refractivity contribution in [3.05, 3.63) is 28.2 Å². The zero-order valence-corrected chi connectivity index (χ0v) is 11.9. The van der Waals surface area contributed by atoms with Crippen molar-refractivity contribution in [2.45, 2.75) is 13.0 Å². The van der Waals surface area contributed by atoms with Gasteiger partial charge in [0.2, 0.25) is 5.91 Å². The van der Waals surface area contributed by atoms with Crippen molar-refractivity contribution in [1.82, 2.24) is 10.6 Å². The van der Waals surface area contributed by atoms with Crippen LogP contribution in [0.1, 0.15) is 12.0 Å². The molecular weight excluding hydrogens is 296 g/mol. The lowest BCUT2D eigenvalue weighted by Crippen LogP contribution is -2.31. The van der Waals surface area contributed by atoms with Crippen LogP contribution in [-0.4, -0.2) is 26.1 Å². The van der Waals surface area contributed by atoms with Crippen LogP contribution in [0.25, 0.3) is 0 Å². The number of halogens is 1. The first-order chi connectivity index (χ1) is 8.70. The molecule has 4 nitrogen and oxygen atoms in total. The average Bonchev–Trinajstić information content (AvgIpc) is 2.90. The highest BCUT2D eigenvalue weighted by Gasteiger charge is 2.22. The molecule has 0 bridgehead atoms. The molecule has 0 saturated carbocycles. The van der Waals surface area contributed by atoms with E-state index in [4.69, 9.17) is 4.74 Å². The molecule has 1 amide bonds.